The molecule has 0 saturated heterocycles. The largest absolute Gasteiger partial charge is 0.465 e. The number of hydrogen-bond donors (Lipinski definition) is 3. The number of carbonyl (C=O) groups is 1. The van der Waals surface area contributed by atoms with Crippen LogP contribution in [0.4, 0.5) is 16.4 Å². The number of amides is 1. The minimum Gasteiger partial charge on any atom is -0.465 e. The molecule has 0 aromatic carbocycles. The smallest absolute Gasteiger partial charge is 0.410 e. The van der Waals surface area contributed by atoms with E-state index < -0.39 is 6.09 Å². The van der Waals surface area contributed by atoms with Crippen LogP contribution in [0.2, 0.25) is 0 Å². The van der Waals surface area contributed by atoms with Crippen molar-refractivity contribution in [2.24, 2.45) is 0 Å². The lowest BCUT2D eigenvalue weighted by Crippen LogP contribution is -2.09. The van der Waals surface area contributed by atoms with Gasteiger partial charge in [-0.05, 0) is 0 Å². The van der Waals surface area contributed by atoms with Gasteiger partial charge in [0.05, 0.1) is 0 Å². The lowest BCUT2D eigenvalue weighted by molar-refractivity contribution is 0.209. The van der Waals surface area contributed by atoms with Crippen molar-refractivity contribution in [2.45, 2.75) is 0 Å². The Kier molecular flexibility index (Phi) is 2.42. The fourth-order valence-corrected chi connectivity index (χ4v) is 0.672. The summed E-state index contributed by atoms with van der Waals surface area (Å²) in [5.74, 6) is 0.815. The molecule has 0 atom stereocenters. The van der Waals surface area contributed by atoms with E-state index in [1.807, 2.05) is 0 Å². The molecule has 0 radical (unpaired) electrons. The first kappa shape index (κ1) is 8.25. The fraction of sp³-hybridized carbons (Fsp3) is 0.167. The maximum absolute atomic E-state index is 10.2. The van der Waals surface area contributed by atoms with E-state index in [9.17, 15) is 4.79 Å². The summed E-state index contributed by atoms with van der Waals surface area (Å²) >= 11 is 0. The van der Waals surface area contributed by atoms with Crippen LogP contribution in [0.1, 0.15) is 0 Å². The molecule has 64 valence electrons. The van der Waals surface area contributed by atoms with E-state index in [1.54, 1.807) is 7.05 Å². The number of aromatic nitrogens is 2. The molecule has 0 aliphatic carbocycles. The van der Waals surface area contributed by atoms with Gasteiger partial charge in [0.1, 0.15) is 18.0 Å². The summed E-state index contributed by atoms with van der Waals surface area (Å²) in [6.45, 7) is 0. The maximum atomic E-state index is 10.2. The highest BCUT2D eigenvalue weighted by atomic mass is 16.4. The molecule has 1 rings (SSSR count). The van der Waals surface area contributed by atoms with Crippen LogP contribution in [0.3, 0.4) is 0 Å². The van der Waals surface area contributed by atoms with Gasteiger partial charge in [-0.2, -0.15) is 0 Å². The van der Waals surface area contributed by atoms with Crippen LogP contribution in [-0.4, -0.2) is 28.2 Å². The summed E-state index contributed by atoms with van der Waals surface area (Å²) < 4.78 is 0. The highest BCUT2D eigenvalue weighted by Crippen LogP contribution is 2.06. The SMILES string of the molecule is CNc1cc(NC(=O)O)ncn1. The second-order valence-electron chi connectivity index (χ2n) is 1.97. The van der Waals surface area contributed by atoms with Crippen LogP contribution in [0.15, 0.2) is 12.4 Å². The quantitative estimate of drug-likeness (QED) is 0.602. The second kappa shape index (κ2) is 3.51. The van der Waals surface area contributed by atoms with Gasteiger partial charge in [-0.3, -0.25) is 5.32 Å². The Morgan fingerprint density at radius 2 is 2.17 bits per heavy atom. The Balaban J connectivity index is 2.79. The van der Waals surface area contributed by atoms with Crippen molar-refractivity contribution in [3.63, 3.8) is 0 Å². The average molecular weight is 168 g/mol. The number of anilines is 2. The summed E-state index contributed by atoms with van der Waals surface area (Å²) in [5.41, 5.74) is 0. The number of nitrogens with zero attached hydrogens (tertiary/aromatic N) is 2. The molecule has 0 bridgehead atoms. The van der Waals surface area contributed by atoms with Crippen LogP contribution in [0, 0.1) is 0 Å². The van der Waals surface area contributed by atoms with Crippen LogP contribution in [-0.2, 0) is 0 Å². The summed E-state index contributed by atoms with van der Waals surface area (Å²) in [7, 11) is 1.69. The summed E-state index contributed by atoms with van der Waals surface area (Å²) in [6, 6.07) is 1.49. The van der Waals surface area contributed by atoms with Gasteiger partial charge in [-0.25, -0.2) is 14.8 Å². The summed E-state index contributed by atoms with van der Waals surface area (Å²) in [5, 5.41) is 13.2. The topological polar surface area (TPSA) is 87.1 Å². The van der Waals surface area contributed by atoms with Gasteiger partial charge in [-0.15, -0.1) is 0 Å². The molecule has 1 aromatic rings. The van der Waals surface area contributed by atoms with Crippen molar-refractivity contribution in [2.75, 3.05) is 17.7 Å². The Morgan fingerprint density at radius 1 is 1.50 bits per heavy atom. The molecule has 1 amide bonds. The fourth-order valence-electron chi connectivity index (χ4n) is 0.672. The van der Waals surface area contributed by atoms with Crippen LogP contribution < -0.4 is 10.6 Å². The summed E-state index contributed by atoms with van der Waals surface area (Å²) in [4.78, 5) is 17.7. The highest BCUT2D eigenvalue weighted by Gasteiger charge is 1.99. The zero-order valence-corrected chi connectivity index (χ0v) is 6.40. The van der Waals surface area contributed by atoms with E-state index in [4.69, 9.17) is 5.11 Å². The van der Waals surface area contributed by atoms with Gasteiger partial charge in [0.2, 0.25) is 0 Å². The van der Waals surface area contributed by atoms with Gasteiger partial charge < -0.3 is 10.4 Å². The molecule has 0 aliphatic rings. The minimum atomic E-state index is -1.14. The highest BCUT2D eigenvalue weighted by molar-refractivity contribution is 5.81. The molecule has 0 saturated carbocycles. The van der Waals surface area contributed by atoms with E-state index >= 15 is 0 Å². The van der Waals surface area contributed by atoms with E-state index in [0.717, 1.165) is 0 Å². The third-order valence-corrected chi connectivity index (χ3v) is 1.16. The Morgan fingerprint density at radius 3 is 2.75 bits per heavy atom. The van der Waals surface area contributed by atoms with E-state index in [-0.39, 0.29) is 5.82 Å². The zero-order valence-electron chi connectivity index (χ0n) is 6.40. The summed E-state index contributed by atoms with van der Waals surface area (Å²) in [6.07, 6.45) is 0.132. The van der Waals surface area contributed by atoms with Crippen molar-refractivity contribution in [1.82, 2.24) is 9.97 Å². The Labute approximate surface area is 68.7 Å². The maximum Gasteiger partial charge on any atom is 0.410 e. The number of hydrogen-bond acceptors (Lipinski definition) is 4. The third-order valence-electron chi connectivity index (χ3n) is 1.16. The third kappa shape index (κ3) is 2.08. The van der Waals surface area contributed by atoms with E-state index in [1.165, 1.54) is 12.4 Å². The number of rotatable bonds is 2. The standard InChI is InChI=1S/C6H8N4O2/c1-7-4-2-5(9-3-8-4)10-6(11)12/h2-3H,1H3,(H,11,12)(H2,7,8,9,10). The second-order valence-corrected chi connectivity index (χ2v) is 1.97. The van der Waals surface area contributed by atoms with Gasteiger partial charge in [0.15, 0.2) is 0 Å². The normalized spacial score (nSPS) is 9.08. The van der Waals surface area contributed by atoms with Crippen molar-refractivity contribution in [3.05, 3.63) is 12.4 Å². The Hall–Kier alpha value is -1.85. The molecule has 0 fully saturated rings. The van der Waals surface area contributed by atoms with Crippen molar-refractivity contribution >= 4 is 17.7 Å². The van der Waals surface area contributed by atoms with E-state index in [2.05, 4.69) is 20.6 Å². The molecule has 0 aliphatic heterocycles. The lowest BCUT2D eigenvalue weighted by Gasteiger charge is -2.01. The molecule has 12 heavy (non-hydrogen) atoms. The number of nitrogens with one attached hydrogen (secondary N) is 2. The molecule has 6 heteroatoms. The number of carboxylic acid groups (broad SMARTS) is 1. The van der Waals surface area contributed by atoms with Gasteiger partial charge in [0, 0.05) is 13.1 Å². The predicted octanol–water partition coefficient (Wildman–Crippen LogP) is 0.608. The monoisotopic (exact) mass is 168 g/mol. The van der Waals surface area contributed by atoms with Gasteiger partial charge >= 0.3 is 6.09 Å². The Bertz CT molecular complexity index is 289. The molecule has 3 N–H and O–H groups in total. The van der Waals surface area contributed by atoms with Crippen LogP contribution in [0.5, 0.6) is 0 Å². The first-order valence-corrected chi connectivity index (χ1v) is 3.22. The lowest BCUT2D eigenvalue weighted by atomic mass is 10.5. The van der Waals surface area contributed by atoms with Crippen LogP contribution >= 0.6 is 0 Å². The van der Waals surface area contributed by atoms with Gasteiger partial charge in [-0.1, -0.05) is 0 Å². The van der Waals surface area contributed by atoms with Crippen molar-refractivity contribution in [3.8, 4) is 0 Å². The predicted molar refractivity (Wildman–Crippen MR) is 43.2 cm³/mol. The zero-order chi connectivity index (χ0) is 8.97. The molecular weight excluding hydrogens is 160 g/mol. The van der Waals surface area contributed by atoms with Gasteiger partial charge in [0.25, 0.3) is 0 Å². The minimum absolute atomic E-state index is 0.252. The first-order valence-electron chi connectivity index (χ1n) is 3.22. The van der Waals surface area contributed by atoms with E-state index in [0.29, 0.717) is 5.82 Å². The first-order chi connectivity index (χ1) is 5.72. The van der Waals surface area contributed by atoms with Crippen LogP contribution in [0.25, 0.3) is 0 Å². The van der Waals surface area contributed by atoms with Crippen molar-refractivity contribution < 1.29 is 9.90 Å². The van der Waals surface area contributed by atoms with Crippen molar-refractivity contribution in [1.29, 1.82) is 0 Å². The molecule has 1 aromatic heterocycles. The molecule has 0 spiro atoms. The molecule has 0 unspecified atom stereocenters. The molecule has 1 heterocycles. The molecule has 6 nitrogen and oxygen atoms in total. The average Bonchev–Trinajstić information content (AvgIpc) is 2.03. The molecular formula is C6H8N4O2.